The van der Waals surface area contributed by atoms with Gasteiger partial charge < -0.3 is 20.3 Å². The zero-order chi connectivity index (χ0) is 22.4. The third kappa shape index (κ3) is 8.31. The molecule has 8 nitrogen and oxygen atoms in total. The van der Waals surface area contributed by atoms with Crippen molar-refractivity contribution in [2.24, 2.45) is 4.99 Å². The first kappa shape index (κ1) is 24.1. The van der Waals surface area contributed by atoms with Crippen molar-refractivity contribution < 1.29 is 21.9 Å². The molecule has 1 unspecified atom stereocenters. The van der Waals surface area contributed by atoms with E-state index in [1.807, 2.05) is 0 Å². The number of hydrogen-bond acceptors (Lipinski definition) is 5. The molecule has 1 aliphatic heterocycles. The number of aliphatic imine (C=N–C) groups is 1. The molecule has 1 saturated heterocycles. The van der Waals surface area contributed by atoms with Gasteiger partial charge in [-0.1, -0.05) is 0 Å². The highest BCUT2D eigenvalue weighted by Crippen LogP contribution is 2.23. The van der Waals surface area contributed by atoms with Gasteiger partial charge in [-0.3, -0.25) is 4.99 Å². The van der Waals surface area contributed by atoms with Crippen molar-refractivity contribution in [3.63, 3.8) is 0 Å². The molecule has 1 heterocycles. The maximum atomic E-state index is 12.3. The van der Waals surface area contributed by atoms with Crippen LogP contribution in [0.25, 0.3) is 0 Å². The minimum Gasteiger partial charge on any atom is -0.435 e. The average molecular weight is 448 g/mol. The van der Waals surface area contributed by atoms with E-state index in [1.54, 1.807) is 33.0 Å². The maximum absolute atomic E-state index is 12.3. The Balaban J connectivity index is 1.91. The number of nitrogens with zero attached hydrogens (tertiary/aromatic N) is 2. The third-order valence-corrected chi connectivity index (χ3v) is 5.50. The van der Waals surface area contributed by atoms with Gasteiger partial charge >= 0.3 is 6.61 Å². The van der Waals surface area contributed by atoms with Crippen molar-refractivity contribution in [3.8, 4) is 5.75 Å². The van der Waals surface area contributed by atoms with Gasteiger partial charge in [0.1, 0.15) is 5.75 Å². The highest BCUT2D eigenvalue weighted by atomic mass is 32.2. The van der Waals surface area contributed by atoms with Gasteiger partial charge in [-0.25, -0.2) is 13.1 Å². The fraction of sp³-hybridized carbons (Fsp3) is 0.632. The van der Waals surface area contributed by atoms with E-state index in [0.29, 0.717) is 12.5 Å². The smallest absolute Gasteiger partial charge is 0.387 e. The molecule has 0 radical (unpaired) electrons. The molecule has 3 N–H and O–H groups in total. The summed E-state index contributed by atoms with van der Waals surface area (Å²) >= 11 is 0. The number of piperidine rings is 1. The monoisotopic (exact) mass is 447 g/mol. The Hall–Kier alpha value is -2.14. The van der Waals surface area contributed by atoms with Crippen molar-refractivity contribution in [2.45, 2.75) is 44.9 Å². The van der Waals surface area contributed by atoms with E-state index in [9.17, 15) is 17.2 Å². The van der Waals surface area contributed by atoms with Gasteiger partial charge in [-0.05, 0) is 51.0 Å². The van der Waals surface area contributed by atoms with E-state index < -0.39 is 22.2 Å². The van der Waals surface area contributed by atoms with Crippen molar-refractivity contribution >= 4 is 21.7 Å². The van der Waals surface area contributed by atoms with Gasteiger partial charge in [0.25, 0.3) is 0 Å². The molecule has 1 aromatic carbocycles. The largest absolute Gasteiger partial charge is 0.435 e. The summed E-state index contributed by atoms with van der Waals surface area (Å²) in [5.74, 6) is 0.723. The van der Waals surface area contributed by atoms with Crippen LogP contribution < -0.4 is 25.0 Å². The number of halogens is 2. The van der Waals surface area contributed by atoms with E-state index in [2.05, 4.69) is 30.0 Å². The molecule has 0 spiro atoms. The summed E-state index contributed by atoms with van der Waals surface area (Å²) in [7, 11) is -1.66. The summed E-state index contributed by atoms with van der Waals surface area (Å²) in [6.07, 6.45) is 3.05. The lowest BCUT2D eigenvalue weighted by molar-refractivity contribution is -0.0498. The summed E-state index contributed by atoms with van der Waals surface area (Å²) in [6.45, 7) is 2.69. The van der Waals surface area contributed by atoms with Gasteiger partial charge in [0.05, 0.1) is 6.26 Å². The van der Waals surface area contributed by atoms with E-state index >= 15 is 0 Å². The van der Waals surface area contributed by atoms with Crippen molar-refractivity contribution in [1.82, 2.24) is 15.4 Å². The number of ether oxygens (including phenoxy) is 1. The summed E-state index contributed by atoms with van der Waals surface area (Å²) in [5.41, 5.74) is 0.260. The molecule has 0 saturated carbocycles. The Labute approximate surface area is 177 Å². The van der Waals surface area contributed by atoms with Crippen LogP contribution in [-0.2, 0) is 10.0 Å². The van der Waals surface area contributed by atoms with Crippen molar-refractivity contribution in [2.75, 3.05) is 37.8 Å². The lowest BCUT2D eigenvalue weighted by Gasteiger charge is -2.36. The molecule has 170 valence electrons. The van der Waals surface area contributed by atoms with Gasteiger partial charge in [0, 0.05) is 44.0 Å². The third-order valence-electron chi connectivity index (χ3n) is 4.57. The number of guanidine groups is 1. The van der Waals surface area contributed by atoms with Crippen LogP contribution in [0.5, 0.6) is 5.75 Å². The van der Waals surface area contributed by atoms with Crippen molar-refractivity contribution in [1.29, 1.82) is 0 Å². The predicted octanol–water partition coefficient (Wildman–Crippen LogP) is 1.75. The average Bonchev–Trinajstić information content (AvgIpc) is 2.63. The molecule has 2 rings (SSSR count). The van der Waals surface area contributed by atoms with Crippen LogP contribution in [0.3, 0.4) is 0 Å². The molecule has 0 aromatic heterocycles. The minimum absolute atomic E-state index is 0.132. The van der Waals surface area contributed by atoms with E-state index in [-0.39, 0.29) is 11.8 Å². The summed E-state index contributed by atoms with van der Waals surface area (Å²) in [6, 6.07) is 6.75. The molecule has 11 heteroatoms. The highest BCUT2D eigenvalue weighted by molar-refractivity contribution is 7.88. The minimum atomic E-state index is -3.32. The number of hydrogen-bond donors (Lipinski definition) is 3. The molecule has 30 heavy (non-hydrogen) atoms. The lowest BCUT2D eigenvalue weighted by Crippen LogP contribution is -2.56. The summed E-state index contributed by atoms with van der Waals surface area (Å²) in [4.78, 5) is 6.41. The van der Waals surface area contributed by atoms with E-state index in [1.165, 1.54) is 12.1 Å². The van der Waals surface area contributed by atoms with Crippen LogP contribution in [0.2, 0.25) is 0 Å². The SMILES string of the molecule is CN=C(NCC(C)(C)NS(C)(=O)=O)NC1CCCN(c2ccc(OC(F)F)cc2)C1. The Morgan fingerprint density at radius 2 is 2.00 bits per heavy atom. The molecule has 0 bridgehead atoms. The van der Waals surface area contributed by atoms with Crippen LogP contribution in [0.1, 0.15) is 26.7 Å². The Morgan fingerprint density at radius 3 is 2.57 bits per heavy atom. The first-order valence-electron chi connectivity index (χ1n) is 9.73. The number of rotatable bonds is 8. The van der Waals surface area contributed by atoms with Gasteiger partial charge in [-0.15, -0.1) is 0 Å². The van der Waals surface area contributed by atoms with Crippen LogP contribution in [0.15, 0.2) is 29.3 Å². The fourth-order valence-corrected chi connectivity index (χ4v) is 4.47. The Morgan fingerprint density at radius 1 is 1.33 bits per heavy atom. The molecular formula is C19H31F2N5O3S. The van der Waals surface area contributed by atoms with E-state index in [0.717, 1.165) is 37.9 Å². The standard InChI is InChI=1S/C19H31F2N5O3S/c1-19(2,25-30(4,27)28)13-23-18(22-3)24-14-6-5-11-26(12-14)15-7-9-16(10-8-15)29-17(20)21/h7-10,14,17,25H,5-6,11-13H2,1-4H3,(H2,22,23,24). The molecular weight excluding hydrogens is 416 g/mol. The highest BCUT2D eigenvalue weighted by Gasteiger charge is 2.24. The van der Waals surface area contributed by atoms with Crippen molar-refractivity contribution in [3.05, 3.63) is 24.3 Å². The second kappa shape index (κ2) is 10.3. The number of anilines is 1. The number of benzene rings is 1. The van der Waals surface area contributed by atoms with Crippen LogP contribution in [-0.4, -0.2) is 65.5 Å². The quantitative estimate of drug-likeness (QED) is 0.415. The lowest BCUT2D eigenvalue weighted by atomic mass is 10.0. The summed E-state index contributed by atoms with van der Waals surface area (Å²) < 4.78 is 54.6. The first-order valence-corrected chi connectivity index (χ1v) is 11.6. The predicted molar refractivity (Wildman–Crippen MR) is 115 cm³/mol. The van der Waals surface area contributed by atoms with Crippen LogP contribution in [0.4, 0.5) is 14.5 Å². The normalized spacial score (nSPS) is 18.4. The second-order valence-electron chi connectivity index (χ2n) is 7.99. The first-order chi connectivity index (χ1) is 14.0. The zero-order valence-electron chi connectivity index (χ0n) is 17.8. The number of nitrogens with one attached hydrogen (secondary N) is 3. The van der Waals surface area contributed by atoms with Gasteiger partial charge in [-0.2, -0.15) is 8.78 Å². The van der Waals surface area contributed by atoms with Gasteiger partial charge in [0.15, 0.2) is 5.96 Å². The molecule has 1 fully saturated rings. The number of sulfonamides is 1. The van der Waals surface area contributed by atoms with Crippen LogP contribution >= 0.6 is 0 Å². The molecule has 1 aromatic rings. The second-order valence-corrected chi connectivity index (χ2v) is 9.73. The van der Waals surface area contributed by atoms with E-state index in [4.69, 9.17) is 0 Å². The molecule has 0 amide bonds. The van der Waals surface area contributed by atoms with Crippen LogP contribution in [0, 0.1) is 0 Å². The van der Waals surface area contributed by atoms with Gasteiger partial charge in [0.2, 0.25) is 10.0 Å². The number of alkyl halides is 2. The Bertz CT molecular complexity index is 816. The molecule has 1 atom stereocenters. The Kier molecular flexibility index (Phi) is 8.25. The maximum Gasteiger partial charge on any atom is 0.387 e. The fourth-order valence-electron chi connectivity index (χ4n) is 3.40. The summed E-state index contributed by atoms with van der Waals surface area (Å²) in [5, 5.41) is 6.54. The zero-order valence-corrected chi connectivity index (χ0v) is 18.6. The molecule has 0 aliphatic carbocycles. The molecule has 1 aliphatic rings. The topological polar surface area (TPSA) is 95.1 Å².